The van der Waals surface area contributed by atoms with Crippen LogP contribution in [0.4, 0.5) is 5.82 Å². The summed E-state index contributed by atoms with van der Waals surface area (Å²) < 4.78 is 0. The lowest BCUT2D eigenvalue weighted by Gasteiger charge is -2.20. The quantitative estimate of drug-likeness (QED) is 0.811. The summed E-state index contributed by atoms with van der Waals surface area (Å²) in [7, 11) is 0. The zero-order valence-electron chi connectivity index (χ0n) is 11.5. The van der Waals surface area contributed by atoms with E-state index < -0.39 is 0 Å². The molecule has 0 aliphatic carbocycles. The molecule has 5 heteroatoms. The maximum atomic E-state index is 12.0. The fourth-order valence-electron chi connectivity index (χ4n) is 1.71. The van der Waals surface area contributed by atoms with Crippen molar-refractivity contribution >= 4 is 11.7 Å². The van der Waals surface area contributed by atoms with Crippen molar-refractivity contribution in [3.63, 3.8) is 0 Å². The number of nitrogens with one attached hydrogen (secondary N) is 2. The third-order valence-electron chi connectivity index (χ3n) is 2.82. The van der Waals surface area contributed by atoms with Crippen LogP contribution in [0.15, 0.2) is 12.1 Å². The van der Waals surface area contributed by atoms with Gasteiger partial charge in [0.2, 0.25) is 0 Å². The Morgan fingerprint density at radius 2 is 2.00 bits per heavy atom. The van der Waals surface area contributed by atoms with Crippen LogP contribution in [0.5, 0.6) is 0 Å². The van der Waals surface area contributed by atoms with Crippen molar-refractivity contribution in [3.05, 3.63) is 17.8 Å². The first-order valence-electron chi connectivity index (χ1n) is 6.46. The van der Waals surface area contributed by atoms with Crippen LogP contribution in [0.1, 0.15) is 44.6 Å². The smallest absolute Gasteiger partial charge is 0.272 e. The number of amides is 1. The van der Waals surface area contributed by atoms with Gasteiger partial charge < -0.3 is 10.6 Å². The van der Waals surface area contributed by atoms with Crippen molar-refractivity contribution in [1.29, 1.82) is 0 Å². The molecule has 5 nitrogen and oxygen atoms in total. The molecule has 1 rings (SSSR count). The molecule has 0 saturated carbocycles. The molecule has 0 saturated heterocycles. The van der Waals surface area contributed by atoms with Crippen molar-refractivity contribution in [3.8, 4) is 0 Å². The summed E-state index contributed by atoms with van der Waals surface area (Å²) in [5, 5.41) is 13.9. The molecular formula is C13H22N4O. The summed E-state index contributed by atoms with van der Waals surface area (Å²) in [4.78, 5) is 12.0. The third-order valence-corrected chi connectivity index (χ3v) is 2.82. The molecule has 2 N–H and O–H groups in total. The van der Waals surface area contributed by atoms with E-state index >= 15 is 0 Å². The number of hydrogen-bond donors (Lipinski definition) is 2. The Balaban J connectivity index is 2.66. The summed E-state index contributed by atoms with van der Waals surface area (Å²) in [6, 6.07) is 3.63. The number of aromatic nitrogens is 2. The Labute approximate surface area is 108 Å². The Bertz CT molecular complexity index is 375. The minimum absolute atomic E-state index is 0.161. The molecular weight excluding hydrogens is 228 g/mol. The van der Waals surface area contributed by atoms with Gasteiger partial charge in [0.05, 0.1) is 0 Å². The van der Waals surface area contributed by atoms with Crippen molar-refractivity contribution < 1.29 is 4.79 Å². The molecule has 0 radical (unpaired) electrons. The number of carbonyl (C=O) groups is 1. The zero-order chi connectivity index (χ0) is 13.5. The molecule has 1 aromatic rings. The molecule has 18 heavy (non-hydrogen) atoms. The Morgan fingerprint density at radius 1 is 1.28 bits per heavy atom. The Hall–Kier alpha value is -1.65. The topological polar surface area (TPSA) is 66.9 Å². The molecule has 100 valence electrons. The van der Waals surface area contributed by atoms with Gasteiger partial charge in [0.25, 0.3) is 5.91 Å². The second kappa shape index (κ2) is 6.93. The molecule has 0 aromatic carbocycles. The van der Waals surface area contributed by atoms with E-state index in [1.165, 1.54) is 0 Å². The average molecular weight is 250 g/mol. The van der Waals surface area contributed by atoms with E-state index in [4.69, 9.17) is 0 Å². The number of nitrogens with zero attached hydrogens (tertiary/aromatic N) is 2. The molecule has 0 fully saturated rings. The molecule has 1 atom stereocenters. The lowest BCUT2D eigenvalue weighted by molar-refractivity contribution is 0.0918. The number of hydrogen-bond acceptors (Lipinski definition) is 4. The van der Waals surface area contributed by atoms with E-state index in [0.29, 0.717) is 17.4 Å². The fraction of sp³-hybridized carbons (Fsp3) is 0.615. The van der Waals surface area contributed by atoms with Gasteiger partial charge in [-0.2, -0.15) is 0 Å². The molecule has 1 unspecified atom stereocenters. The average Bonchev–Trinajstić information content (AvgIpc) is 2.36. The Morgan fingerprint density at radius 3 is 2.44 bits per heavy atom. The van der Waals surface area contributed by atoms with Gasteiger partial charge in [-0.1, -0.05) is 20.8 Å². The summed E-state index contributed by atoms with van der Waals surface area (Å²) in [6.45, 7) is 9.01. The van der Waals surface area contributed by atoms with Gasteiger partial charge in [-0.3, -0.25) is 4.79 Å². The van der Waals surface area contributed by atoms with Crippen molar-refractivity contribution in [2.24, 2.45) is 5.92 Å². The highest BCUT2D eigenvalue weighted by Gasteiger charge is 2.16. The Kier molecular flexibility index (Phi) is 5.55. The fourth-order valence-corrected chi connectivity index (χ4v) is 1.71. The number of rotatable bonds is 6. The normalized spacial score (nSPS) is 12.3. The molecule has 1 aromatic heterocycles. The van der Waals surface area contributed by atoms with E-state index in [1.807, 2.05) is 6.92 Å². The lowest BCUT2D eigenvalue weighted by Crippen LogP contribution is -2.38. The summed E-state index contributed by atoms with van der Waals surface area (Å²) in [5.74, 6) is 0.934. The van der Waals surface area contributed by atoms with Crippen LogP contribution in [-0.4, -0.2) is 28.7 Å². The van der Waals surface area contributed by atoms with Crippen LogP contribution in [-0.2, 0) is 0 Å². The van der Waals surface area contributed by atoms with E-state index in [1.54, 1.807) is 12.1 Å². The van der Waals surface area contributed by atoms with Crippen LogP contribution >= 0.6 is 0 Å². The lowest BCUT2D eigenvalue weighted by atomic mass is 10.0. The molecule has 0 bridgehead atoms. The van der Waals surface area contributed by atoms with Crippen LogP contribution in [0.2, 0.25) is 0 Å². The third kappa shape index (κ3) is 3.98. The number of anilines is 1. The van der Waals surface area contributed by atoms with Gasteiger partial charge in [0.1, 0.15) is 5.82 Å². The van der Waals surface area contributed by atoms with Crippen LogP contribution < -0.4 is 10.6 Å². The minimum atomic E-state index is -0.161. The first kappa shape index (κ1) is 14.4. The maximum Gasteiger partial charge on any atom is 0.272 e. The van der Waals surface area contributed by atoms with Gasteiger partial charge in [-0.05, 0) is 31.4 Å². The second-order valence-corrected chi connectivity index (χ2v) is 4.57. The van der Waals surface area contributed by atoms with Crippen molar-refractivity contribution in [1.82, 2.24) is 15.5 Å². The number of carbonyl (C=O) groups excluding carboxylic acids is 1. The zero-order valence-corrected chi connectivity index (χ0v) is 11.5. The van der Waals surface area contributed by atoms with E-state index in [9.17, 15) is 4.79 Å². The molecule has 1 heterocycles. The minimum Gasteiger partial charge on any atom is -0.369 e. The highest BCUT2D eigenvalue weighted by atomic mass is 16.2. The second-order valence-electron chi connectivity index (χ2n) is 4.57. The summed E-state index contributed by atoms with van der Waals surface area (Å²) in [6.07, 6.45) is 0.909. The van der Waals surface area contributed by atoms with Crippen molar-refractivity contribution in [2.45, 2.75) is 40.2 Å². The summed E-state index contributed by atoms with van der Waals surface area (Å²) >= 11 is 0. The predicted octanol–water partition coefficient (Wildman–Crippen LogP) is 2.07. The SMILES string of the molecule is CCNc1ccc(C(=O)NC(CC)C(C)C)nn1. The van der Waals surface area contributed by atoms with Gasteiger partial charge in [-0.25, -0.2) is 0 Å². The first-order valence-corrected chi connectivity index (χ1v) is 6.46. The van der Waals surface area contributed by atoms with Crippen LogP contribution in [0.3, 0.4) is 0 Å². The van der Waals surface area contributed by atoms with E-state index in [0.717, 1.165) is 13.0 Å². The summed E-state index contributed by atoms with van der Waals surface area (Å²) in [5.41, 5.74) is 0.357. The highest BCUT2D eigenvalue weighted by Crippen LogP contribution is 2.07. The molecule has 0 aliphatic rings. The van der Waals surface area contributed by atoms with E-state index in [2.05, 4.69) is 41.6 Å². The van der Waals surface area contributed by atoms with Gasteiger partial charge in [-0.15, -0.1) is 10.2 Å². The van der Waals surface area contributed by atoms with Crippen LogP contribution in [0.25, 0.3) is 0 Å². The standard InChI is InChI=1S/C13H22N4O/c1-5-10(9(3)4)15-13(18)11-7-8-12(14-6-2)17-16-11/h7-10H,5-6H2,1-4H3,(H,14,17)(H,15,18). The first-order chi connectivity index (χ1) is 8.58. The van der Waals surface area contributed by atoms with Gasteiger partial charge in [0.15, 0.2) is 5.69 Å². The monoisotopic (exact) mass is 250 g/mol. The van der Waals surface area contributed by atoms with Gasteiger partial charge >= 0.3 is 0 Å². The van der Waals surface area contributed by atoms with Crippen LogP contribution in [0, 0.1) is 5.92 Å². The predicted molar refractivity (Wildman–Crippen MR) is 72.6 cm³/mol. The van der Waals surface area contributed by atoms with Gasteiger partial charge in [0, 0.05) is 12.6 Å². The molecule has 0 spiro atoms. The maximum absolute atomic E-state index is 12.0. The van der Waals surface area contributed by atoms with E-state index in [-0.39, 0.29) is 11.9 Å². The van der Waals surface area contributed by atoms with Crippen molar-refractivity contribution in [2.75, 3.05) is 11.9 Å². The molecule has 1 amide bonds. The highest BCUT2D eigenvalue weighted by molar-refractivity contribution is 5.92. The molecule has 0 aliphatic heterocycles. The largest absolute Gasteiger partial charge is 0.369 e.